The van der Waals surface area contributed by atoms with Crippen LogP contribution in [-0.4, -0.2) is 25.4 Å². The van der Waals surface area contributed by atoms with E-state index in [0.717, 1.165) is 28.2 Å². The Labute approximate surface area is 166 Å². The van der Waals surface area contributed by atoms with Crippen LogP contribution in [0, 0.1) is 0 Å². The molecule has 7 heteroatoms. The second-order valence-electron chi connectivity index (χ2n) is 6.44. The van der Waals surface area contributed by atoms with Gasteiger partial charge in [-0.05, 0) is 12.1 Å². The van der Waals surface area contributed by atoms with Gasteiger partial charge in [-0.3, -0.25) is 9.56 Å². The lowest BCUT2D eigenvalue weighted by Crippen LogP contribution is -2.07. The van der Waals surface area contributed by atoms with Crippen LogP contribution in [0.25, 0.3) is 17.2 Å². The zero-order valence-corrected chi connectivity index (χ0v) is 15.9. The molecule has 4 aromatic rings. The summed E-state index contributed by atoms with van der Waals surface area (Å²) in [5.74, 6) is 1.07. The van der Waals surface area contributed by atoms with E-state index >= 15 is 0 Å². The largest absolute Gasteiger partial charge is 0.339 e. The molecule has 0 amide bonds. The van der Waals surface area contributed by atoms with Gasteiger partial charge in [0, 0.05) is 22.6 Å². The lowest BCUT2D eigenvalue weighted by Gasteiger charge is -2.12. The Kier molecular flexibility index (Phi) is 4.06. The summed E-state index contributed by atoms with van der Waals surface area (Å²) in [6, 6.07) is 15.9. The second-order valence-corrected chi connectivity index (χ2v) is 6.84. The number of nitrogens with zero attached hydrogens (tertiary/aromatic N) is 5. The lowest BCUT2D eigenvalue weighted by atomic mass is 10.0. The van der Waals surface area contributed by atoms with Crippen molar-refractivity contribution in [1.82, 2.24) is 19.7 Å². The summed E-state index contributed by atoms with van der Waals surface area (Å²) in [4.78, 5) is 13.9. The third kappa shape index (κ3) is 2.65. The molecule has 0 atom stereocenters. The maximum absolute atomic E-state index is 6.48. The van der Waals surface area contributed by atoms with Crippen LogP contribution in [0.1, 0.15) is 29.6 Å². The SMILES string of the molecule is CCc1nc(-c2ncn3c2CN=C(c2ccccc2Cl)c2ccccc2-3)no1. The molecular formula is C21H16ClN5O. The number of aryl methyl sites for hydroxylation is 1. The standard InChI is InChI=1S/C21H16ClN5O/c1-2-18-25-21(26-28-18)20-17-11-23-19(13-7-3-5-9-15(13)22)14-8-4-6-10-16(14)27(17)12-24-20/h3-10,12H,2,11H2,1H3. The highest BCUT2D eigenvalue weighted by Gasteiger charge is 2.24. The van der Waals surface area contributed by atoms with Crippen molar-refractivity contribution < 1.29 is 4.52 Å². The Balaban J connectivity index is 1.71. The van der Waals surface area contributed by atoms with E-state index < -0.39 is 0 Å². The highest BCUT2D eigenvalue weighted by Crippen LogP contribution is 2.31. The zero-order chi connectivity index (χ0) is 19.1. The van der Waals surface area contributed by atoms with E-state index in [1.54, 1.807) is 6.33 Å². The fourth-order valence-electron chi connectivity index (χ4n) is 3.42. The molecular weight excluding hydrogens is 374 g/mol. The third-order valence-electron chi connectivity index (χ3n) is 4.78. The molecule has 0 saturated heterocycles. The van der Waals surface area contributed by atoms with E-state index in [1.165, 1.54) is 0 Å². The molecule has 6 nitrogen and oxygen atoms in total. The van der Waals surface area contributed by atoms with Crippen molar-refractivity contribution in [3.05, 3.63) is 82.6 Å². The van der Waals surface area contributed by atoms with Crippen molar-refractivity contribution in [3.8, 4) is 17.2 Å². The summed E-state index contributed by atoms with van der Waals surface area (Å²) < 4.78 is 7.31. The smallest absolute Gasteiger partial charge is 0.226 e. The molecule has 0 radical (unpaired) electrons. The number of hydrogen-bond acceptors (Lipinski definition) is 5. The van der Waals surface area contributed by atoms with E-state index in [-0.39, 0.29) is 0 Å². The number of para-hydroxylation sites is 1. The van der Waals surface area contributed by atoms with Gasteiger partial charge in [-0.15, -0.1) is 0 Å². The highest BCUT2D eigenvalue weighted by atomic mass is 35.5. The summed E-state index contributed by atoms with van der Waals surface area (Å²) >= 11 is 6.48. The average molecular weight is 390 g/mol. The van der Waals surface area contributed by atoms with Crippen LogP contribution in [0.15, 0.2) is 64.4 Å². The molecule has 0 spiro atoms. The molecule has 5 rings (SSSR count). The zero-order valence-electron chi connectivity index (χ0n) is 15.1. The highest BCUT2D eigenvalue weighted by molar-refractivity contribution is 6.35. The fourth-order valence-corrected chi connectivity index (χ4v) is 3.65. The van der Waals surface area contributed by atoms with Crippen molar-refractivity contribution in [2.75, 3.05) is 0 Å². The number of halogens is 1. The van der Waals surface area contributed by atoms with Gasteiger partial charge in [0.25, 0.3) is 0 Å². The van der Waals surface area contributed by atoms with Crippen molar-refractivity contribution in [2.24, 2.45) is 4.99 Å². The van der Waals surface area contributed by atoms with Crippen LogP contribution in [0.5, 0.6) is 0 Å². The predicted octanol–water partition coefficient (Wildman–Crippen LogP) is 4.49. The molecule has 3 heterocycles. The van der Waals surface area contributed by atoms with Crippen molar-refractivity contribution in [1.29, 1.82) is 0 Å². The molecule has 0 N–H and O–H groups in total. The maximum atomic E-state index is 6.48. The topological polar surface area (TPSA) is 69.1 Å². The molecule has 0 bridgehead atoms. The molecule has 2 aromatic carbocycles. The first-order valence-electron chi connectivity index (χ1n) is 9.04. The Morgan fingerprint density at radius 1 is 1.07 bits per heavy atom. The average Bonchev–Trinajstić information content (AvgIpc) is 3.33. The predicted molar refractivity (Wildman–Crippen MR) is 107 cm³/mol. The number of imidazole rings is 1. The molecule has 138 valence electrons. The quantitative estimate of drug-likeness (QED) is 0.517. The van der Waals surface area contributed by atoms with E-state index in [1.807, 2.05) is 47.9 Å². The second kappa shape index (κ2) is 6.73. The molecule has 1 aliphatic heterocycles. The van der Waals surface area contributed by atoms with Crippen molar-refractivity contribution in [3.63, 3.8) is 0 Å². The van der Waals surface area contributed by atoms with Gasteiger partial charge in [-0.1, -0.05) is 60.1 Å². The van der Waals surface area contributed by atoms with Gasteiger partial charge in [0.15, 0.2) is 0 Å². The van der Waals surface area contributed by atoms with Gasteiger partial charge >= 0.3 is 0 Å². The summed E-state index contributed by atoms with van der Waals surface area (Å²) in [5.41, 5.74) is 5.36. The fraction of sp³-hybridized carbons (Fsp3) is 0.143. The van der Waals surface area contributed by atoms with Crippen LogP contribution >= 0.6 is 11.6 Å². The van der Waals surface area contributed by atoms with E-state index in [0.29, 0.717) is 35.4 Å². The van der Waals surface area contributed by atoms with E-state index in [2.05, 4.69) is 27.3 Å². The minimum absolute atomic E-state index is 0.431. The summed E-state index contributed by atoms with van der Waals surface area (Å²) in [6.07, 6.45) is 2.47. The monoisotopic (exact) mass is 389 g/mol. The Hall–Kier alpha value is -3.25. The van der Waals surface area contributed by atoms with Crippen LogP contribution in [-0.2, 0) is 13.0 Å². The van der Waals surface area contributed by atoms with Crippen molar-refractivity contribution in [2.45, 2.75) is 19.9 Å². The van der Waals surface area contributed by atoms with Crippen molar-refractivity contribution >= 4 is 17.3 Å². The number of rotatable bonds is 3. The van der Waals surface area contributed by atoms with Crippen LogP contribution in [0.4, 0.5) is 0 Å². The van der Waals surface area contributed by atoms with E-state index in [9.17, 15) is 0 Å². The summed E-state index contributed by atoms with van der Waals surface area (Å²) in [6.45, 7) is 2.40. The number of aromatic nitrogens is 4. The molecule has 0 saturated carbocycles. The van der Waals surface area contributed by atoms with Crippen LogP contribution in [0.2, 0.25) is 5.02 Å². The number of hydrogen-bond donors (Lipinski definition) is 0. The number of benzene rings is 2. The van der Waals surface area contributed by atoms with Gasteiger partial charge in [-0.25, -0.2) is 4.98 Å². The van der Waals surface area contributed by atoms with Gasteiger partial charge < -0.3 is 4.52 Å². The molecule has 1 aliphatic rings. The number of aliphatic imine (C=N–C) groups is 1. The lowest BCUT2D eigenvalue weighted by molar-refractivity contribution is 0.382. The summed E-state index contributed by atoms with van der Waals surface area (Å²) in [7, 11) is 0. The van der Waals surface area contributed by atoms with Gasteiger partial charge in [0.05, 0.1) is 23.6 Å². The summed E-state index contributed by atoms with van der Waals surface area (Å²) in [5, 5.41) is 4.76. The molecule has 28 heavy (non-hydrogen) atoms. The molecule has 0 unspecified atom stereocenters. The van der Waals surface area contributed by atoms with Gasteiger partial charge in [0.1, 0.15) is 12.0 Å². The van der Waals surface area contributed by atoms with Gasteiger partial charge in [-0.2, -0.15) is 4.98 Å². The Morgan fingerprint density at radius 2 is 1.86 bits per heavy atom. The normalized spacial score (nSPS) is 12.9. The third-order valence-corrected chi connectivity index (χ3v) is 5.11. The number of fused-ring (bicyclic) bond motifs is 3. The van der Waals surface area contributed by atoms with Gasteiger partial charge in [0.2, 0.25) is 11.7 Å². The van der Waals surface area contributed by atoms with Crippen LogP contribution in [0.3, 0.4) is 0 Å². The minimum Gasteiger partial charge on any atom is -0.339 e. The first-order valence-corrected chi connectivity index (χ1v) is 9.42. The molecule has 0 fully saturated rings. The molecule has 0 aliphatic carbocycles. The Morgan fingerprint density at radius 3 is 2.64 bits per heavy atom. The first kappa shape index (κ1) is 16.9. The Bertz CT molecular complexity index is 1210. The van der Waals surface area contributed by atoms with E-state index in [4.69, 9.17) is 21.1 Å². The molecule has 2 aromatic heterocycles. The maximum Gasteiger partial charge on any atom is 0.226 e. The van der Waals surface area contributed by atoms with Crippen LogP contribution < -0.4 is 0 Å². The first-order chi connectivity index (χ1) is 13.8. The minimum atomic E-state index is 0.431.